The van der Waals surface area contributed by atoms with E-state index in [9.17, 15) is 8.78 Å². The van der Waals surface area contributed by atoms with Crippen molar-refractivity contribution >= 4 is 0 Å². The quantitative estimate of drug-likeness (QED) is 0.317. The second-order valence-corrected chi connectivity index (χ2v) is 7.52. The minimum atomic E-state index is -0.963. The molecule has 2 atom stereocenters. The smallest absolute Gasteiger partial charge is 0.196 e. The number of methoxy groups -OCH3 is 1. The Morgan fingerprint density at radius 3 is 2.38 bits per heavy atom. The van der Waals surface area contributed by atoms with Gasteiger partial charge in [0.05, 0.1) is 32.5 Å². The predicted octanol–water partition coefficient (Wildman–Crippen LogP) is 6.75. The molecule has 0 aromatic heterocycles. The van der Waals surface area contributed by atoms with E-state index in [1.807, 2.05) is 0 Å². The zero-order valence-electron chi connectivity index (χ0n) is 18.1. The largest absolute Gasteiger partial charge is 0.498 e. The molecule has 0 spiro atoms. The molecule has 1 aromatic carbocycles. The van der Waals surface area contributed by atoms with Gasteiger partial charge in [-0.2, -0.15) is 0 Å². The summed E-state index contributed by atoms with van der Waals surface area (Å²) in [7, 11) is 1.32. The molecule has 0 amide bonds. The van der Waals surface area contributed by atoms with Crippen molar-refractivity contribution in [3.05, 3.63) is 58.4 Å². The molecule has 1 saturated heterocycles. The van der Waals surface area contributed by atoms with E-state index in [-0.39, 0.29) is 24.6 Å². The van der Waals surface area contributed by atoms with Crippen molar-refractivity contribution in [1.29, 1.82) is 0 Å². The highest BCUT2D eigenvalue weighted by Crippen LogP contribution is 2.30. The average molecular weight is 409 g/mol. The number of aryl methyl sites for hydroxylation is 1. The Kier molecular flexibility index (Phi) is 9.82. The number of hydrogen-bond donors (Lipinski definition) is 0. The highest BCUT2D eigenvalue weighted by atomic mass is 19.2. The lowest BCUT2D eigenvalue weighted by Crippen LogP contribution is -2.28. The van der Waals surface area contributed by atoms with Crippen LogP contribution in [0.3, 0.4) is 0 Å². The topological polar surface area (TPSA) is 27.7 Å². The number of ether oxygens (including phenoxy) is 3. The van der Waals surface area contributed by atoms with Crippen LogP contribution in [-0.2, 0) is 20.6 Å². The lowest BCUT2D eigenvalue weighted by atomic mass is 9.98. The molecule has 1 aliphatic rings. The van der Waals surface area contributed by atoms with E-state index >= 15 is 0 Å². The van der Waals surface area contributed by atoms with Crippen LogP contribution in [0.5, 0.6) is 0 Å². The lowest BCUT2D eigenvalue weighted by Gasteiger charge is -2.29. The maximum atomic E-state index is 14.3. The summed E-state index contributed by atoms with van der Waals surface area (Å²) in [5.41, 5.74) is 2.84. The van der Waals surface area contributed by atoms with Gasteiger partial charge in [0.2, 0.25) is 0 Å². The van der Waals surface area contributed by atoms with Gasteiger partial charge >= 0.3 is 0 Å². The molecule has 0 radical (unpaired) electrons. The molecule has 2 rings (SSSR count). The van der Waals surface area contributed by atoms with Gasteiger partial charge in [-0.15, -0.1) is 0 Å². The summed E-state index contributed by atoms with van der Waals surface area (Å²) in [5.74, 6) is -1.92. The zero-order chi connectivity index (χ0) is 21.2. The van der Waals surface area contributed by atoms with Crippen molar-refractivity contribution in [3.8, 4) is 0 Å². The van der Waals surface area contributed by atoms with E-state index in [4.69, 9.17) is 14.2 Å². The molecule has 0 N–H and O–H groups in total. The van der Waals surface area contributed by atoms with Gasteiger partial charge in [-0.05, 0) is 55.7 Å². The second-order valence-electron chi connectivity index (χ2n) is 7.52. The molecule has 3 nitrogen and oxygen atoms in total. The van der Waals surface area contributed by atoms with Crippen molar-refractivity contribution in [2.45, 2.75) is 71.5 Å². The van der Waals surface area contributed by atoms with Crippen molar-refractivity contribution in [3.63, 3.8) is 0 Å². The first kappa shape index (κ1) is 23.6. The number of allylic oxidation sites excluding steroid dienone is 3. The molecule has 162 valence electrons. The fourth-order valence-electron chi connectivity index (χ4n) is 3.34. The number of hydrogen-bond acceptors (Lipinski definition) is 3. The Morgan fingerprint density at radius 2 is 1.83 bits per heavy atom. The molecule has 1 aromatic rings. The zero-order valence-corrected chi connectivity index (χ0v) is 18.1. The Labute approximate surface area is 173 Å². The summed E-state index contributed by atoms with van der Waals surface area (Å²) in [6.07, 6.45) is 5.52. The first-order valence-corrected chi connectivity index (χ1v) is 10.6. The van der Waals surface area contributed by atoms with Gasteiger partial charge in [-0.1, -0.05) is 44.5 Å². The van der Waals surface area contributed by atoms with Crippen LogP contribution >= 0.6 is 0 Å². The van der Waals surface area contributed by atoms with Crippen molar-refractivity contribution in [2.75, 3.05) is 20.3 Å². The molecule has 2 unspecified atom stereocenters. The molecule has 1 heterocycles. The molecule has 1 fully saturated rings. The lowest BCUT2D eigenvalue weighted by molar-refractivity contribution is -0.0824. The fraction of sp³-hybridized carbons (Fsp3) is 0.583. The summed E-state index contributed by atoms with van der Waals surface area (Å²) in [4.78, 5) is 0. The molecular formula is C24H34F2O3. The van der Waals surface area contributed by atoms with Crippen LogP contribution in [0.4, 0.5) is 8.78 Å². The third-order valence-corrected chi connectivity index (χ3v) is 5.44. The third-order valence-electron chi connectivity index (χ3n) is 5.44. The summed E-state index contributed by atoms with van der Waals surface area (Å²) >= 11 is 0. The van der Waals surface area contributed by atoms with Crippen LogP contribution < -0.4 is 0 Å². The molecule has 29 heavy (non-hydrogen) atoms. The van der Waals surface area contributed by atoms with Gasteiger partial charge in [-0.25, -0.2) is 8.78 Å². The van der Waals surface area contributed by atoms with E-state index in [1.54, 1.807) is 6.92 Å². The van der Waals surface area contributed by atoms with Crippen molar-refractivity contribution in [1.82, 2.24) is 0 Å². The highest BCUT2D eigenvalue weighted by Gasteiger charge is 2.24. The maximum absolute atomic E-state index is 14.3. The van der Waals surface area contributed by atoms with Crippen LogP contribution in [0.15, 0.2) is 47.3 Å². The van der Waals surface area contributed by atoms with E-state index in [0.717, 1.165) is 19.3 Å². The summed E-state index contributed by atoms with van der Waals surface area (Å²) < 4.78 is 44.8. The summed E-state index contributed by atoms with van der Waals surface area (Å²) in [6, 6.07) is 8.67. The van der Waals surface area contributed by atoms with E-state index in [2.05, 4.69) is 31.2 Å². The van der Waals surface area contributed by atoms with Crippen LogP contribution in [0.2, 0.25) is 0 Å². The normalized spacial score (nSPS) is 21.4. The summed E-state index contributed by atoms with van der Waals surface area (Å²) in [5, 5.41) is 0. The minimum absolute atomic E-state index is 0.0531. The Hall–Kier alpha value is -1.72. The fourth-order valence-corrected chi connectivity index (χ4v) is 3.34. The Balaban J connectivity index is 1.86. The first-order chi connectivity index (χ1) is 14.0. The Bertz CT molecular complexity index is 687. The van der Waals surface area contributed by atoms with Crippen LogP contribution in [0.1, 0.15) is 70.1 Å². The summed E-state index contributed by atoms with van der Waals surface area (Å²) in [6.45, 7) is 5.89. The van der Waals surface area contributed by atoms with Gasteiger partial charge in [0, 0.05) is 0 Å². The average Bonchev–Trinajstić information content (AvgIpc) is 2.77. The molecule has 0 saturated carbocycles. The monoisotopic (exact) mass is 408 g/mol. The van der Waals surface area contributed by atoms with Crippen molar-refractivity contribution < 1.29 is 23.0 Å². The highest BCUT2D eigenvalue weighted by molar-refractivity contribution is 5.27. The van der Waals surface area contributed by atoms with Gasteiger partial charge < -0.3 is 14.2 Å². The number of benzene rings is 1. The Morgan fingerprint density at radius 1 is 1.10 bits per heavy atom. The van der Waals surface area contributed by atoms with Crippen LogP contribution in [0.25, 0.3) is 0 Å². The third kappa shape index (κ3) is 6.93. The second kappa shape index (κ2) is 12.1. The molecule has 0 bridgehead atoms. The standard InChI is InChI=1S/C24H34F2O3/c1-5-7-8-18-9-11-20(12-10-18)22-14-13-21(16-29-22)28-15-19(6-2)24(26)23(25)17(3)27-4/h9-12,21-22H,5-8,13-16H2,1-4H3/b23-17-,24-19-. The van der Waals surface area contributed by atoms with Crippen LogP contribution in [-0.4, -0.2) is 26.4 Å². The molecule has 1 aliphatic heterocycles. The molecule has 5 heteroatoms. The van der Waals surface area contributed by atoms with Crippen molar-refractivity contribution in [2.24, 2.45) is 0 Å². The number of rotatable bonds is 10. The van der Waals surface area contributed by atoms with Gasteiger partial charge in [0.1, 0.15) is 5.76 Å². The van der Waals surface area contributed by atoms with Gasteiger partial charge in [-0.3, -0.25) is 0 Å². The van der Waals surface area contributed by atoms with Gasteiger partial charge in [0.15, 0.2) is 11.7 Å². The van der Waals surface area contributed by atoms with E-state index in [0.29, 0.717) is 18.6 Å². The van der Waals surface area contributed by atoms with Gasteiger partial charge in [0.25, 0.3) is 0 Å². The molecular weight excluding hydrogens is 374 g/mol. The molecule has 0 aliphatic carbocycles. The van der Waals surface area contributed by atoms with E-state index < -0.39 is 11.7 Å². The minimum Gasteiger partial charge on any atom is -0.498 e. The SMILES string of the molecule is CCCCc1ccc(C2CCC(OC/C(CC)=C(F)/C(F)=C(\C)OC)CO2)cc1. The number of unbranched alkanes of at least 4 members (excludes halogenated alkanes) is 1. The van der Waals surface area contributed by atoms with E-state index in [1.165, 1.54) is 38.0 Å². The maximum Gasteiger partial charge on any atom is 0.196 e. The first-order valence-electron chi connectivity index (χ1n) is 10.6. The predicted molar refractivity (Wildman–Crippen MR) is 112 cm³/mol. The van der Waals surface area contributed by atoms with Crippen LogP contribution in [0, 0.1) is 0 Å². The number of halogens is 2.